The number of nitrogens with zero attached hydrogens (tertiary/aromatic N) is 2. The first-order chi connectivity index (χ1) is 8.06. The molecule has 0 radical (unpaired) electrons. The number of carbonyl (C=O) groups excluding carboxylic acids is 1. The summed E-state index contributed by atoms with van der Waals surface area (Å²) in [6, 6.07) is 3.62. The summed E-state index contributed by atoms with van der Waals surface area (Å²) in [4.78, 5) is 12.5. The summed E-state index contributed by atoms with van der Waals surface area (Å²) in [5.74, 6) is 0.182. The Morgan fingerprint density at radius 1 is 1.35 bits per heavy atom. The Morgan fingerprint density at radius 2 is 2.12 bits per heavy atom. The minimum atomic E-state index is -0.146. The third-order valence-electron chi connectivity index (χ3n) is 1.95. The molecule has 0 aliphatic heterocycles. The predicted molar refractivity (Wildman–Crippen MR) is 74.0 cm³/mol. The maximum atomic E-state index is 11.8. The van der Waals surface area contributed by atoms with Gasteiger partial charge in [-0.1, -0.05) is 25.2 Å². The quantitative estimate of drug-likeness (QED) is 0.932. The van der Waals surface area contributed by atoms with E-state index >= 15 is 0 Å². The van der Waals surface area contributed by atoms with Gasteiger partial charge in [0.05, 0.1) is 8.66 Å². The number of anilines is 1. The molecule has 0 aliphatic carbocycles. The van der Waals surface area contributed by atoms with Crippen LogP contribution in [0.4, 0.5) is 5.13 Å². The van der Waals surface area contributed by atoms with Gasteiger partial charge in [0.2, 0.25) is 5.13 Å². The second kappa shape index (κ2) is 5.24. The van der Waals surface area contributed by atoms with Gasteiger partial charge < -0.3 is 0 Å². The fraction of sp³-hybridized carbons (Fsp3) is 0.300. The second-order valence-corrected chi connectivity index (χ2v) is 7.13. The molecule has 0 atom stereocenters. The molecule has 4 nitrogen and oxygen atoms in total. The first-order valence-electron chi connectivity index (χ1n) is 4.96. The first-order valence-corrected chi connectivity index (χ1v) is 7.39. The summed E-state index contributed by atoms with van der Waals surface area (Å²) < 4.78 is 0.933. The van der Waals surface area contributed by atoms with Crippen molar-refractivity contribution in [1.29, 1.82) is 0 Å². The van der Waals surface area contributed by atoms with Crippen LogP contribution in [0.25, 0.3) is 0 Å². The van der Waals surface area contributed by atoms with Gasteiger partial charge in [-0.25, -0.2) is 0 Å². The number of amides is 1. The van der Waals surface area contributed by atoms with E-state index in [1.807, 2.05) is 19.9 Å². The Labute approximate surface area is 115 Å². The first kappa shape index (κ1) is 12.7. The van der Waals surface area contributed by atoms with Crippen LogP contribution in [-0.4, -0.2) is 16.1 Å². The predicted octanol–water partition coefficient (Wildman–Crippen LogP) is 3.74. The summed E-state index contributed by atoms with van der Waals surface area (Å²) in [6.45, 7) is 4.09. The SMILES string of the molecule is CC(C)c1nnc(NC(=O)c2ccc(Br)s2)s1. The van der Waals surface area contributed by atoms with Gasteiger partial charge >= 0.3 is 0 Å². The zero-order valence-corrected chi connectivity index (χ0v) is 12.4. The maximum absolute atomic E-state index is 11.8. The molecule has 2 heterocycles. The van der Waals surface area contributed by atoms with Crippen LogP contribution in [-0.2, 0) is 0 Å². The van der Waals surface area contributed by atoms with Crippen molar-refractivity contribution in [3.05, 3.63) is 25.8 Å². The normalized spacial score (nSPS) is 10.8. The molecule has 2 rings (SSSR count). The minimum Gasteiger partial charge on any atom is -0.296 e. The van der Waals surface area contributed by atoms with Crippen LogP contribution in [0.5, 0.6) is 0 Å². The Kier molecular flexibility index (Phi) is 3.90. The molecule has 17 heavy (non-hydrogen) atoms. The van der Waals surface area contributed by atoms with Gasteiger partial charge in [-0.2, -0.15) is 0 Å². The lowest BCUT2D eigenvalue weighted by molar-refractivity contribution is 0.103. The van der Waals surface area contributed by atoms with Gasteiger partial charge in [0, 0.05) is 5.92 Å². The highest BCUT2D eigenvalue weighted by Crippen LogP contribution is 2.25. The Bertz CT molecular complexity index is 535. The van der Waals surface area contributed by atoms with Crippen LogP contribution in [0.3, 0.4) is 0 Å². The molecule has 90 valence electrons. The van der Waals surface area contributed by atoms with E-state index < -0.39 is 0 Å². The molecule has 2 aromatic rings. The standard InChI is InChI=1S/C10H10BrN3OS2/c1-5(2)9-13-14-10(17-9)12-8(15)6-3-4-7(11)16-6/h3-5H,1-2H3,(H,12,14,15). The molecule has 0 aliphatic rings. The smallest absolute Gasteiger partial charge is 0.267 e. The van der Waals surface area contributed by atoms with E-state index in [9.17, 15) is 4.79 Å². The largest absolute Gasteiger partial charge is 0.296 e. The zero-order valence-electron chi connectivity index (χ0n) is 9.23. The van der Waals surface area contributed by atoms with Gasteiger partial charge in [-0.3, -0.25) is 10.1 Å². The zero-order chi connectivity index (χ0) is 12.4. The van der Waals surface area contributed by atoms with Gasteiger partial charge in [-0.05, 0) is 28.1 Å². The molecule has 0 saturated carbocycles. The van der Waals surface area contributed by atoms with E-state index in [0.29, 0.717) is 15.9 Å². The average Bonchev–Trinajstić information content (AvgIpc) is 2.86. The van der Waals surface area contributed by atoms with Crippen molar-refractivity contribution >= 4 is 49.6 Å². The lowest BCUT2D eigenvalue weighted by Crippen LogP contribution is -2.09. The van der Waals surface area contributed by atoms with Crippen molar-refractivity contribution < 1.29 is 4.79 Å². The number of halogens is 1. The Morgan fingerprint density at radius 3 is 2.65 bits per heavy atom. The number of rotatable bonds is 3. The highest BCUT2D eigenvalue weighted by Gasteiger charge is 2.13. The van der Waals surface area contributed by atoms with Gasteiger partial charge in [-0.15, -0.1) is 21.5 Å². The van der Waals surface area contributed by atoms with E-state index in [0.717, 1.165) is 8.79 Å². The molecular formula is C10H10BrN3OS2. The van der Waals surface area contributed by atoms with E-state index in [2.05, 4.69) is 31.4 Å². The maximum Gasteiger partial charge on any atom is 0.267 e. The number of hydrogen-bond acceptors (Lipinski definition) is 5. The number of aromatic nitrogens is 2. The third-order valence-corrected chi connectivity index (χ3v) is 4.71. The van der Waals surface area contributed by atoms with Crippen LogP contribution in [0.2, 0.25) is 0 Å². The highest BCUT2D eigenvalue weighted by molar-refractivity contribution is 9.11. The van der Waals surface area contributed by atoms with Crippen molar-refractivity contribution in [2.75, 3.05) is 5.32 Å². The van der Waals surface area contributed by atoms with Crippen LogP contribution in [0, 0.1) is 0 Å². The van der Waals surface area contributed by atoms with E-state index in [-0.39, 0.29) is 5.91 Å². The molecule has 1 amide bonds. The molecular weight excluding hydrogens is 322 g/mol. The highest BCUT2D eigenvalue weighted by atomic mass is 79.9. The molecule has 0 fully saturated rings. The van der Waals surface area contributed by atoms with E-state index in [4.69, 9.17) is 0 Å². The number of thiophene rings is 1. The summed E-state index contributed by atoms with van der Waals surface area (Å²) in [6.07, 6.45) is 0. The van der Waals surface area contributed by atoms with Gasteiger partial charge in [0.15, 0.2) is 0 Å². The van der Waals surface area contributed by atoms with E-state index in [1.54, 1.807) is 6.07 Å². The van der Waals surface area contributed by atoms with Crippen molar-refractivity contribution in [3.63, 3.8) is 0 Å². The van der Waals surface area contributed by atoms with Crippen molar-refractivity contribution in [2.45, 2.75) is 19.8 Å². The molecule has 0 aromatic carbocycles. The van der Waals surface area contributed by atoms with E-state index in [1.165, 1.54) is 22.7 Å². The fourth-order valence-corrected chi connectivity index (χ4v) is 3.14. The fourth-order valence-electron chi connectivity index (χ4n) is 1.11. The summed E-state index contributed by atoms with van der Waals surface area (Å²) in [5.41, 5.74) is 0. The van der Waals surface area contributed by atoms with Crippen molar-refractivity contribution in [2.24, 2.45) is 0 Å². The van der Waals surface area contributed by atoms with Crippen LogP contribution in [0.1, 0.15) is 34.4 Å². The summed E-state index contributed by atoms with van der Waals surface area (Å²) in [5, 5.41) is 12.2. The molecule has 0 saturated heterocycles. The van der Waals surface area contributed by atoms with Gasteiger partial charge in [0.25, 0.3) is 5.91 Å². The van der Waals surface area contributed by atoms with Crippen LogP contribution >= 0.6 is 38.6 Å². The summed E-state index contributed by atoms with van der Waals surface area (Å²) in [7, 11) is 0. The molecule has 0 bridgehead atoms. The van der Waals surface area contributed by atoms with Gasteiger partial charge in [0.1, 0.15) is 5.01 Å². The van der Waals surface area contributed by atoms with Crippen molar-refractivity contribution in [3.8, 4) is 0 Å². The van der Waals surface area contributed by atoms with Crippen molar-refractivity contribution in [1.82, 2.24) is 10.2 Å². The minimum absolute atomic E-state index is 0.146. The lowest BCUT2D eigenvalue weighted by atomic mass is 10.2. The molecule has 1 N–H and O–H groups in total. The Balaban J connectivity index is 2.07. The number of carbonyl (C=O) groups is 1. The monoisotopic (exact) mass is 331 g/mol. The van der Waals surface area contributed by atoms with Crippen LogP contribution in [0.15, 0.2) is 15.9 Å². The average molecular weight is 332 g/mol. The number of hydrogen-bond donors (Lipinski definition) is 1. The molecule has 0 spiro atoms. The second-order valence-electron chi connectivity index (χ2n) is 3.66. The topological polar surface area (TPSA) is 54.9 Å². The molecule has 2 aromatic heterocycles. The summed E-state index contributed by atoms with van der Waals surface area (Å²) >= 11 is 6.12. The molecule has 0 unspecified atom stereocenters. The lowest BCUT2D eigenvalue weighted by Gasteiger charge is -1.97. The number of nitrogens with one attached hydrogen (secondary N) is 1. The molecule has 7 heteroatoms. The third kappa shape index (κ3) is 3.11. The van der Waals surface area contributed by atoms with Crippen LogP contribution < -0.4 is 5.32 Å². The Hall–Kier alpha value is -0.790.